The minimum atomic E-state index is -4.53. The number of nitrogens with two attached hydrogens (primary N) is 1. The van der Waals surface area contributed by atoms with Crippen molar-refractivity contribution in [3.05, 3.63) is 28.2 Å². The first-order chi connectivity index (χ1) is 10.5. The van der Waals surface area contributed by atoms with Crippen LogP contribution >= 0.6 is 15.9 Å². The summed E-state index contributed by atoms with van der Waals surface area (Å²) in [5.41, 5.74) is 4.69. The van der Waals surface area contributed by atoms with E-state index in [0.717, 1.165) is 12.1 Å². The molecule has 0 saturated heterocycles. The number of anilines is 1. The van der Waals surface area contributed by atoms with Crippen molar-refractivity contribution in [2.24, 2.45) is 11.7 Å². The van der Waals surface area contributed by atoms with Crippen molar-refractivity contribution >= 4 is 33.4 Å². The van der Waals surface area contributed by atoms with Gasteiger partial charge in [-0.05, 0) is 24.1 Å². The molecule has 4 N–H and O–H groups in total. The van der Waals surface area contributed by atoms with Gasteiger partial charge in [0.25, 0.3) is 0 Å². The van der Waals surface area contributed by atoms with Gasteiger partial charge in [-0.25, -0.2) is 0 Å². The summed E-state index contributed by atoms with van der Waals surface area (Å²) >= 11 is 2.96. The number of amides is 2. The fourth-order valence-corrected chi connectivity index (χ4v) is 2.11. The summed E-state index contributed by atoms with van der Waals surface area (Å²) in [5, 5.41) is 4.63. The van der Waals surface area contributed by atoms with E-state index < -0.39 is 29.6 Å². The molecule has 0 fully saturated rings. The molecule has 0 saturated carbocycles. The van der Waals surface area contributed by atoms with E-state index in [-0.39, 0.29) is 22.6 Å². The van der Waals surface area contributed by atoms with Crippen LogP contribution < -0.4 is 16.4 Å². The maximum atomic E-state index is 12.7. The molecule has 0 aliphatic heterocycles. The Morgan fingerprint density at radius 1 is 1.26 bits per heavy atom. The summed E-state index contributed by atoms with van der Waals surface area (Å²) in [6.45, 7) is 3.13. The average molecular weight is 396 g/mol. The standard InChI is InChI=1S/C14H17BrF3N3O2/c1-7(2)12(19)13(23)20-6-11(22)21-10-4-8(14(16,17)18)3-9(15)5-10/h3-5,7,12H,6,19H2,1-2H3,(H,20,23)(H,21,22)/t12-/m0/s1. The van der Waals surface area contributed by atoms with Crippen molar-refractivity contribution in [2.75, 3.05) is 11.9 Å². The predicted molar refractivity (Wildman–Crippen MR) is 83.6 cm³/mol. The Bertz CT molecular complexity index is 591. The lowest BCUT2D eigenvalue weighted by Crippen LogP contribution is -2.46. The van der Waals surface area contributed by atoms with Gasteiger partial charge >= 0.3 is 6.18 Å². The minimum Gasteiger partial charge on any atom is -0.346 e. The van der Waals surface area contributed by atoms with Crippen LogP contribution in [0.5, 0.6) is 0 Å². The quantitative estimate of drug-likeness (QED) is 0.715. The van der Waals surface area contributed by atoms with Crippen LogP contribution in [0, 0.1) is 5.92 Å². The van der Waals surface area contributed by atoms with Crippen molar-refractivity contribution in [3.8, 4) is 0 Å². The number of hydrogen-bond donors (Lipinski definition) is 3. The zero-order valence-electron chi connectivity index (χ0n) is 12.5. The largest absolute Gasteiger partial charge is 0.416 e. The van der Waals surface area contributed by atoms with Gasteiger partial charge in [-0.1, -0.05) is 29.8 Å². The Kier molecular flexibility index (Phi) is 6.57. The molecule has 2 amide bonds. The number of rotatable bonds is 5. The van der Waals surface area contributed by atoms with Crippen molar-refractivity contribution in [1.29, 1.82) is 0 Å². The number of hydrogen-bond acceptors (Lipinski definition) is 3. The number of halogens is 4. The van der Waals surface area contributed by atoms with E-state index in [2.05, 4.69) is 26.6 Å². The minimum absolute atomic E-state index is 0.0286. The first kappa shape index (κ1) is 19.4. The summed E-state index contributed by atoms with van der Waals surface area (Å²) in [6.07, 6.45) is -4.53. The Hall–Kier alpha value is -1.61. The molecule has 0 bridgehead atoms. The topological polar surface area (TPSA) is 84.2 Å². The molecule has 0 spiro atoms. The van der Waals surface area contributed by atoms with Crippen LogP contribution in [0.4, 0.5) is 18.9 Å². The molecule has 1 aromatic carbocycles. The number of carbonyl (C=O) groups excluding carboxylic acids is 2. The van der Waals surface area contributed by atoms with Crippen molar-refractivity contribution < 1.29 is 22.8 Å². The molecule has 1 atom stereocenters. The lowest BCUT2D eigenvalue weighted by atomic mass is 10.1. The maximum Gasteiger partial charge on any atom is 0.416 e. The van der Waals surface area contributed by atoms with Crippen LogP contribution in [-0.4, -0.2) is 24.4 Å². The van der Waals surface area contributed by atoms with E-state index in [4.69, 9.17) is 5.73 Å². The van der Waals surface area contributed by atoms with E-state index in [0.29, 0.717) is 0 Å². The fourth-order valence-electron chi connectivity index (χ4n) is 1.62. The molecule has 0 radical (unpaired) electrons. The molecule has 5 nitrogen and oxygen atoms in total. The molecule has 1 aromatic rings. The van der Waals surface area contributed by atoms with Gasteiger partial charge in [-0.3, -0.25) is 9.59 Å². The van der Waals surface area contributed by atoms with Crippen LogP contribution in [0.1, 0.15) is 19.4 Å². The van der Waals surface area contributed by atoms with Crippen LogP contribution in [0.2, 0.25) is 0 Å². The summed E-state index contributed by atoms with van der Waals surface area (Å²) in [4.78, 5) is 23.3. The van der Waals surface area contributed by atoms with Gasteiger partial charge < -0.3 is 16.4 Å². The zero-order valence-corrected chi connectivity index (χ0v) is 14.1. The molecule has 9 heteroatoms. The van der Waals surface area contributed by atoms with Crippen LogP contribution in [0.25, 0.3) is 0 Å². The second-order valence-corrected chi connectivity index (χ2v) is 6.18. The molecule has 0 heterocycles. The van der Waals surface area contributed by atoms with E-state index in [1.54, 1.807) is 13.8 Å². The van der Waals surface area contributed by atoms with E-state index in [1.807, 2.05) is 0 Å². The third kappa shape index (κ3) is 6.19. The molecule has 1 rings (SSSR count). The molecule has 23 heavy (non-hydrogen) atoms. The van der Waals surface area contributed by atoms with Crippen molar-refractivity contribution in [1.82, 2.24) is 5.32 Å². The Morgan fingerprint density at radius 2 is 1.87 bits per heavy atom. The second kappa shape index (κ2) is 7.78. The third-order valence-electron chi connectivity index (χ3n) is 2.95. The number of nitrogens with one attached hydrogen (secondary N) is 2. The fraction of sp³-hybridized carbons (Fsp3) is 0.429. The number of benzene rings is 1. The first-order valence-corrected chi connectivity index (χ1v) is 7.51. The Balaban J connectivity index is 2.68. The molecule has 0 unspecified atom stereocenters. The molecule has 0 aliphatic carbocycles. The molecule has 0 aliphatic rings. The highest BCUT2D eigenvalue weighted by molar-refractivity contribution is 9.10. The SMILES string of the molecule is CC(C)[C@H](N)C(=O)NCC(=O)Nc1cc(Br)cc(C(F)(F)F)c1. The summed E-state index contributed by atoms with van der Waals surface area (Å²) < 4.78 is 38.3. The van der Waals surface area contributed by atoms with Gasteiger partial charge in [0.2, 0.25) is 11.8 Å². The van der Waals surface area contributed by atoms with Gasteiger partial charge in [-0.15, -0.1) is 0 Å². The van der Waals surface area contributed by atoms with Crippen molar-refractivity contribution in [3.63, 3.8) is 0 Å². The molecular formula is C14H17BrF3N3O2. The van der Waals surface area contributed by atoms with E-state index in [1.165, 1.54) is 6.07 Å². The normalized spacial score (nSPS) is 12.9. The second-order valence-electron chi connectivity index (χ2n) is 5.26. The number of alkyl halides is 3. The Labute approximate surface area is 139 Å². The molecular weight excluding hydrogens is 379 g/mol. The zero-order chi connectivity index (χ0) is 17.8. The average Bonchev–Trinajstić information content (AvgIpc) is 2.42. The Morgan fingerprint density at radius 3 is 2.39 bits per heavy atom. The smallest absolute Gasteiger partial charge is 0.346 e. The van der Waals surface area contributed by atoms with Crippen LogP contribution in [0.3, 0.4) is 0 Å². The highest BCUT2D eigenvalue weighted by Gasteiger charge is 2.31. The van der Waals surface area contributed by atoms with Crippen LogP contribution in [-0.2, 0) is 15.8 Å². The summed E-state index contributed by atoms with van der Waals surface area (Å²) in [6, 6.07) is 2.28. The first-order valence-electron chi connectivity index (χ1n) is 6.71. The van der Waals surface area contributed by atoms with Gasteiger partial charge in [0.15, 0.2) is 0 Å². The van der Waals surface area contributed by atoms with Gasteiger partial charge in [0.1, 0.15) is 0 Å². The maximum absolute atomic E-state index is 12.7. The highest BCUT2D eigenvalue weighted by Crippen LogP contribution is 2.33. The number of carbonyl (C=O) groups is 2. The van der Waals surface area contributed by atoms with Gasteiger partial charge in [-0.2, -0.15) is 13.2 Å². The highest BCUT2D eigenvalue weighted by atomic mass is 79.9. The lowest BCUT2D eigenvalue weighted by molar-refractivity contribution is -0.137. The lowest BCUT2D eigenvalue weighted by Gasteiger charge is -2.15. The van der Waals surface area contributed by atoms with Gasteiger partial charge in [0, 0.05) is 10.2 Å². The molecule has 0 aromatic heterocycles. The monoisotopic (exact) mass is 395 g/mol. The molecule has 128 valence electrons. The third-order valence-corrected chi connectivity index (χ3v) is 3.41. The van der Waals surface area contributed by atoms with Crippen molar-refractivity contribution in [2.45, 2.75) is 26.1 Å². The van der Waals surface area contributed by atoms with Gasteiger partial charge in [0.05, 0.1) is 18.2 Å². The summed E-state index contributed by atoms with van der Waals surface area (Å²) in [7, 11) is 0. The van der Waals surface area contributed by atoms with E-state index in [9.17, 15) is 22.8 Å². The predicted octanol–water partition coefficient (Wildman–Crippen LogP) is 2.51. The van der Waals surface area contributed by atoms with Crippen LogP contribution in [0.15, 0.2) is 22.7 Å². The summed E-state index contributed by atoms with van der Waals surface area (Å²) in [5.74, 6) is -1.25. The van der Waals surface area contributed by atoms with E-state index >= 15 is 0 Å².